The van der Waals surface area contributed by atoms with E-state index in [9.17, 15) is 4.79 Å². The number of benzene rings is 1. The molecule has 1 aromatic heterocycles. The van der Waals surface area contributed by atoms with Gasteiger partial charge in [0.1, 0.15) is 5.82 Å². The largest absolute Gasteiger partial charge is 0.333 e. The zero-order valence-electron chi connectivity index (χ0n) is 14.6. The maximum absolute atomic E-state index is 12.0. The zero-order chi connectivity index (χ0) is 16.5. The number of imidazole rings is 1. The summed E-state index contributed by atoms with van der Waals surface area (Å²) in [5, 5.41) is 0. The first-order chi connectivity index (χ1) is 11.7. The molecule has 1 saturated carbocycles. The van der Waals surface area contributed by atoms with Gasteiger partial charge in [0.2, 0.25) is 5.91 Å². The molecule has 1 aliphatic heterocycles. The average molecular weight is 325 g/mol. The van der Waals surface area contributed by atoms with Gasteiger partial charge in [-0.3, -0.25) is 4.79 Å². The van der Waals surface area contributed by atoms with E-state index in [0.29, 0.717) is 0 Å². The SMILES string of the molecule is CC(=O)N1CCC[C@@H]1c1nc2ccccc2n1CC1CCCCC1. The molecule has 1 amide bonds. The highest BCUT2D eigenvalue weighted by Gasteiger charge is 2.32. The van der Waals surface area contributed by atoms with Crippen molar-refractivity contribution in [3.05, 3.63) is 30.1 Å². The highest BCUT2D eigenvalue weighted by molar-refractivity contribution is 5.77. The van der Waals surface area contributed by atoms with E-state index in [1.54, 1.807) is 6.92 Å². The van der Waals surface area contributed by atoms with Crippen molar-refractivity contribution >= 4 is 16.9 Å². The van der Waals surface area contributed by atoms with Crippen molar-refractivity contribution in [2.45, 2.75) is 64.5 Å². The summed E-state index contributed by atoms with van der Waals surface area (Å²) in [6, 6.07) is 8.59. The molecule has 4 rings (SSSR count). The summed E-state index contributed by atoms with van der Waals surface area (Å²) in [7, 11) is 0. The van der Waals surface area contributed by atoms with Crippen molar-refractivity contribution in [3.8, 4) is 0 Å². The quantitative estimate of drug-likeness (QED) is 0.844. The van der Waals surface area contributed by atoms with Crippen molar-refractivity contribution in [3.63, 3.8) is 0 Å². The lowest BCUT2D eigenvalue weighted by Gasteiger charge is -2.27. The molecule has 1 saturated heterocycles. The molecule has 0 radical (unpaired) electrons. The van der Waals surface area contributed by atoms with E-state index in [1.807, 2.05) is 4.90 Å². The number of likely N-dealkylation sites (tertiary alicyclic amines) is 1. The van der Waals surface area contributed by atoms with Crippen LogP contribution in [0.1, 0.15) is 63.7 Å². The summed E-state index contributed by atoms with van der Waals surface area (Å²) in [6.45, 7) is 3.61. The number of carbonyl (C=O) groups is 1. The summed E-state index contributed by atoms with van der Waals surface area (Å²) >= 11 is 0. The molecule has 128 valence electrons. The fraction of sp³-hybridized carbons (Fsp3) is 0.600. The number of aromatic nitrogens is 2. The predicted molar refractivity (Wildman–Crippen MR) is 95.7 cm³/mol. The van der Waals surface area contributed by atoms with Gasteiger partial charge in [-0.1, -0.05) is 31.4 Å². The Morgan fingerprint density at radius 1 is 1.12 bits per heavy atom. The fourth-order valence-corrected chi connectivity index (χ4v) is 4.58. The van der Waals surface area contributed by atoms with Crippen LogP contribution in [0.2, 0.25) is 0 Å². The van der Waals surface area contributed by atoms with E-state index in [2.05, 4.69) is 28.8 Å². The molecule has 0 unspecified atom stereocenters. The van der Waals surface area contributed by atoms with E-state index < -0.39 is 0 Å². The summed E-state index contributed by atoms with van der Waals surface area (Å²) < 4.78 is 2.43. The molecule has 1 aromatic carbocycles. The maximum atomic E-state index is 12.0. The standard InChI is InChI=1S/C20H27N3O/c1-15(24)22-13-7-12-19(22)20-21-17-10-5-6-11-18(17)23(20)14-16-8-3-2-4-9-16/h5-6,10-11,16,19H,2-4,7-9,12-14H2,1H3/t19-/m1/s1. The molecular weight excluding hydrogens is 298 g/mol. The van der Waals surface area contributed by atoms with Gasteiger partial charge in [0.15, 0.2) is 0 Å². The van der Waals surface area contributed by atoms with Crippen LogP contribution in [0.15, 0.2) is 24.3 Å². The lowest BCUT2D eigenvalue weighted by Crippen LogP contribution is -2.30. The van der Waals surface area contributed by atoms with Crippen molar-refractivity contribution < 1.29 is 4.79 Å². The topological polar surface area (TPSA) is 38.1 Å². The molecular formula is C20H27N3O. The van der Waals surface area contributed by atoms with Crippen LogP contribution in [-0.4, -0.2) is 26.9 Å². The Labute approximate surface area is 143 Å². The van der Waals surface area contributed by atoms with E-state index in [-0.39, 0.29) is 11.9 Å². The van der Waals surface area contributed by atoms with Crippen LogP contribution in [0.4, 0.5) is 0 Å². The van der Waals surface area contributed by atoms with Gasteiger partial charge in [-0.25, -0.2) is 4.98 Å². The summed E-state index contributed by atoms with van der Waals surface area (Å²) in [5.74, 6) is 2.03. The highest BCUT2D eigenvalue weighted by atomic mass is 16.2. The van der Waals surface area contributed by atoms with Gasteiger partial charge in [0.25, 0.3) is 0 Å². The molecule has 0 bridgehead atoms. The van der Waals surface area contributed by atoms with Crippen molar-refractivity contribution in [1.29, 1.82) is 0 Å². The van der Waals surface area contributed by atoms with Crippen LogP contribution < -0.4 is 0 Å². The lowest BCUT2D eigenvalue weighted by molar-refractivity contribution is -0.129. The van der Waals surface area contributed by atoms with E-state index >= 15 is 0 Å². The molecule has 4 nitrogen and oxygen atoms in total. The van der Waals surface area contributed by atoms with Gasteiger partial charge in [0.05, 0.1) is 17.1 Å². The minimum atomic E-state index is 0.151. The Hall–Kier alpha value is -1.84. The second-order valence-electron chi connectivity index (χ2n) is 7.44. The first-order valence-corrected chi connectivity index (χ1v) is 9.46. The molecule has 2 fully saturated rings. The number of rotatable bonds is 3. The van der Waals surface area contributed by atoms with E-state index in [4.69, 9.17) is 4.98 Å². The Bertz CT molecular complexity index is 730. The second kappa shape index (κ2) is 6.58. The predicted octanol–water partition coefficient (Wildman–Crippen LogP) is 4.30. The minimum absolute atomic E-state index is 0.151. The molecule has 4 heteroatoms. The van der Waals surface area contributed by atoms with Crippen LogP contribution in [-0.2, 0) is 11.3 Å². The number of nitrogens with zero attached hydrogens (tertiary/aromatic N) is 3. The Kier molecular flexibility index (Phi) is 4.30. The second-order valence-corrected chi connectivity index (χ2v) is 7.44. The minimum Gasteiger partial charge on any atom is -0.333 e. The summed E-state index contributed by atoms with van der Waals surface area (Å²) in [6.07, 6.45) is 8.87. The maximum Gasteiger partial charge on any atom is 0.220 e. The molecule has 0 spiro atoms. The van der Waals surface area contributed by atoms with Crippen molar-refractivity contribution in [2.24, 2.45) is 5.92 Å². The summed E-state index contributed by atoms with van der Waals surface area (Å²) in [4.78, 5) is 19.0. The molecule has 24 heavy (non-hydrogen) atoms. The molecule has 1 aliphatic carbocycles. The van der Waals surface area contributed by atoms with Gasteiger partial charge in [-0.05, 0) is 43.7 Å². The van der Waals surface area contributed by atoms with Crippen LogP contribution >= 0.6 is 0 Å². The van der Waals surface area contributed by atoms with Gasteiger partial charge < -0.3 is 9.47 Å². The molecule has 2 aliphatic rings. The van der Waals surface area contributed by atoms with Crippen LogP contribution in [0.5, 0.6) is 0 Å². The zero-order valence-corrected chi connectivity index (χ0v) is 14.6. The number of hydrogen-bond donors (Lipinski definition) is 0. The van der Waals surface area contributed by atoms with Crippen molar-refractivity contribution in [2.75, 3.05) is 6.54 Å². The highest BCUT2D eigenvalue weighted by Crippen LogP contribution is 2.35. The van der Waals surface area contributed by atoms with Gasteiger partial charge in [0, 0.05) is 20.0 Å². The fourth-order valence-electron chi connectivity index (χ4n) is 4.58. The first-order valence-electron chi connectivity index (χ1n) is 9.46. The van der Waals surface area contributed by atoms with Gasteiger partial charge >= 0.3 is 0 Å². The van der Waals surface area contributed by atoms with E-state index in [1.165, 1.54) is 37.6 Å². The third kappa shape index (κ3) is 2.83. The third-order valence-electron chi connectivity index (χ3n) is 5.80. The van der Waals surface area contributed by atoms with Crippen LogP contribution in [0.25, 0.3) is 11.0 Å². The van der Waals surface area contributed by atoms with Gasteiger partial charge in [-0.15, -0.1) is 0 Å². The molecule has 2 aromatic rings. The molecule has 0 N–H and O–H groups in total. The molecule has 1 atom stereocenters. The van der Waals surface area contributed by atoms with Gasteiger partial charge in [-0.2, -0.15) is 0 Å². The van der Waals surface area contributed by atoms with Crippen molar-refractivity contribution in [1.82, 2.24) is 14.5 Å². The Morgan fingerprint density at radius 3 is 2.71 bits per heavy atom. The van der Waals surface area contributed by atoms with Crippen LogP contribution in [0.3, 0.4) is 0 Å². The molecule has 2 heterocycles. The Morgan fingerprint density at radius 2 is 1.92 bits per heavy atom. The average Bonchev–Trinajstić information content (AvgIpc) is 3.21. The number of carbonyl (C=O) groups excluding carboxylic acids is 1. The van der Waals surface area contributed by atoms with E-state index in [0.717, 1.165) is 43.2 Å². The lowest BCUT2D eigenvalue weighted by atomic mass is 9.89. The number of amides is 1. The first kappa shape index (κ1) is 15.7. The van der Waals surface area contributed by atoms with Crippen LogP contribution in [0, 0.1) is 5.92 Å². The Balaban J connectivity index is 1.73. The number of fused-ring (bicyclic) bond motifs is 1. The number of hydrogen-bond acceptors (Lipinski definition) is 2. The normalized spacial score (nSPS) is 22.4. The number of para-hydroxylation sites is 2. The summed E-state index contributed by atoms with van der Waals surface area (Å²) in [5.41, 5.74) is 2.30. The monoisotopic (exact) mass is 325 g/mol. The smallest absolute Gasteiger partial charge is 0.220 e. The third-order valence-corrected chi connectivity index (χ3v) is 5.80.